The van der Waals surface area contributed by atoms with Gasteiger partial charge in [0.25, 0.3) is 15.9 Å². The van der Waals surface area contributed by atoms with Crippen molar-refractivity contribution in [2.75, 3.05) is 11.8 Å². The van der Waals surface area contributed by atoms with Gasteiger partial charge in [-0.3, -0.25) is 20.4 Å². The van der Waals surface area contributed by atoms with E-state index in [4.69, 9.17) is 16.3 Å². The number of carbonyl (C=O) groups is 1. The third-order valence-electron chi connectivity index (χ3n) is 4.27. The maximum absolute atomic E-state index is 12.7. The molecule has 0 radical (unpaired) electrons. The minimum Gasteiger partial charge on any atom is -0.497 e. The van der Waals surface area contributed by atoms with Gasteiger partial charge in [-0.15, -0.1) is 0 Å². The number of anilines is 1. The maximum Gasteiger partial charge on any atom is 0.269 e. The lowest BCUT2D eigenvalue weighted by molar-refractivity contribution is 0.0942. The lowest BCUT2D eigenvalue weighted by atomic mass is 10.2. The van der Waals surface area contributed by atoms with Gasteiger partial charge in [-0.25, -0.2) is 8.42 Å². The maximum atomic E-state index is 12.7. The van der Waals surface area contributed by atoms with Crippen molar-refractivity contribution in [3.63, 3.8) is 0 Å². The van der Waals surface area contributed by atoms with Crippen LogP contribution in [0.15, 0.2) is 84.3 Å². The molecule has 0 aromatic heterocycles. The van der Waals surface area contributed by atoms with Gasteiger partial charge in [-0.1, -0.05) is 42.4 Å². The topological polar surface area (TPSA) is 96.5 Å². The smallest absolute Gasteiger partial charge is 0.269 e. The quantitative estimate of drug-likeness (QED) is 0.443. The summed E-state index contributed by atoms with van der Waals surface area (Å²) in [6, 6.07) is 19.1. The Morgan fingerprint density at radius 2 is 1.68 bits per heavy atom. The largest absolute Gasteiger partial charge is 0.497 e. The van der Waals surface area contributed by atoms with E-state index in [2.05, 4.69) is 22.2 Å². The summed E-state index contributed by atoms with van der Waals surface area (Å²) in [7, 11) is -2.37. The number of benzene rings is 3. The molecule has 0 atom stereocenters. The van der Waals surface area contributed by atoms with Crippen LogP contribution < -0.4 is 20.3 Å². The standard InChI is InChI=1S/C22H20ClN3O4S/c1-15(20-8-3-4-9-21(20)23)24-25-22(27)16-6-5-7-19(14-16)31(28,29)26-17-10-12-18(30-2)13-11-17/h3-14,24,26H,1H2,2H3,(H,25,27). The van der Waals surface area contributed by atoms with E-state index < -0.39 is 15.9 Å². The number of amides is 1. The van der Waals surface area contributed by atoms with Gasteiger partial charge < -0.3 is 4.74 Å². The summed E-state index contributed by atoms with van der Waals surface area (Å²) in [5.41, 5.74) is 6.72. The van der Waals surface area contributed by atoms with Gasteiger partial charge in [0, 0.05) is 21.8 Å². The fourth-order valence-corrected chi connectivity index (χ4v) is 4.01. The second-order valence-corrected chi connectivity index (χ2v) is 8.49. The Labute approximate surface area is 185 Å². The highest BCUT2D eigenvalue weighted by atomic mass is 35.5. The molecule has 160 valence electrons. The molecule has 0 aliphatic carbocycles. The molecule has 3 rings (SSSR count). The molecule has 0 aliphatic rings. The van der Waals surface area contributed by atoms with Crippen LogP contribution in [0.4, 0.5) is 5.69 Å². The van der Waals surface area contributed by atoms with E-state index in [-0.39, 0.29) is 10.5 Å². The molecule has 3 aromatic rings. The Morgan fingerprint density at radius 1 is 0.968 bits per heavy atom. The van der Waals surface area contributed by atoms with Gasteiger partial charge in [0.1, 0.15) is 5.75 Å². The third-order valence-corrected chi connectivity index (χ3v) is 5.98. The second kappa shape index (κ2) is 9.55. The van der Waals surface area contributed by atoms with Crippen molar-refractivity contribution in [3.8, 4) is 5.75 Å². The second-order valence-electron chi connectivity index (χ2n) is 6.40. The van der Waals surface area contributed by atoms with Crippen molar-refractivity contribution >= 4 is 38.9 Å². The van der Waals surface area contributed by atoms with Crippen LogP contribution >= 0.6 is 11.6 Å². The Morgan fingerprint density at radius 3 is 2.35 bits per heavy atom. The van der Waals surface area contributed by atoms with Gasteiger partial charge in [-0.05, 0) is 48.5 Å². The number of halogens is 1. The summed E-state index contributed by atoms with van der Waals surface area (Å²) in [5.74, 6) is 0.0715. The summed E-state index contributed by atoms with van der Waals surface area (Å²) < 4.78 is 32.9. The van der Waals surface area contributed by atoms with Gasteiger partial charge in [0.15, 0.2) is 0 Å². The zero-order valence-electron chi connectivity index (χ0n) is 16.6. The van der Waals surface area contributed by atoms with Gasteiger partial charge >= 0.3 is 0 Å². The molecule has 0 unspecified atom stereocenters. The van der Waals surface area contributed by atoms with Crippen LogP contribution in [0.2, 0.25) is 5.02 Å². The molecule has 3 N–H and O–H groups in total. The minimum atomic E-state index is -3.90. The van der Waals surface area contributed by atoms with E-state index in [0.29, 0.717) is 27.7 Å². The molecule has 0 bridgehead atoms. The molecule has 31 heavy (non-hydrogen) atoms. The number of carbonyl (C=O) groups excluding carboxylic acids is 1. The molecule has 0 spiro atoms. The van der Waals surface area contributed by atoms with E-state index in [1.807, 2.05) is 0 Å². The van der Waals surface area contributed by atoms with Crippen LogP contribution in [0.25, 0.3) is 5.70 Å². The number of hydrazine groups is 1. The summed E-state index contributed by atoms with van der Waals surface area (Å²) in [6.45, 7) is 3.84. The zero-order chi connectivity index (χ0) is 22.4. The first-order valence-electron chi connectivity index (χ1n) is 9.07. The van der Waals surface area contributed by atoms with Crippen LogP contribution in [0.3, 0.4) is 0 Å². The molecule has 7 nitrogen and oxygen atoms in total. The molecular formula is C22H20ClN3O4S. The van der Waals surface area contributed by atoms with Crippen LogP contribution in [-0.4, -0.2) is 21.4 Å². The Bertz CT molecular complexity index is 1210. The molecule has 9 heteroatoms. The number of rotatable bonds is 8. The fourth-order valence-electron chi connectivity index (χ4n) is 2.66. The van der Waals surface area contributed by atoms with Gasteiger partial charge in [0.2, 0.25) is 0 Å². The number of hydrogen-bond donors (Lipinski definition) is 3. The van der Waals surface area contributed by atoms with Crippen LogP contribution in [0.1, 0.15) is 15.9 Å². The first-order chi connectivity index (χ1) is 14.8. The first-order valence-corrected chi connectivity index (χ1v) is 10.9. The van der Waals surface area contributed by atoms with E-state index in [1.165, 1.54) is 31.4 Å². The summed E-state index contributed by atoms with van der Waals surface area (Å²) in [6.07, 6.45) is 0. The highest BCUT2D eigenvalue weighted by molar-refractivity contribution is 7.92. The number of hydrogen-bond acceptors (Lipinski definition) is 5. The van der Waals surface area contributed by atoms with Crippen LogP contribution in [0.5, 0.6) is 5.75 Å². The fraction of sp³-hybridized carbons (Fsp3) is 0.0455. The monoisotopic (exact) mass is 457 g/mol. The molecule has 1 amide bonds. The highest BCUT2D eigenvalue weighted by Crippen LogP contribution is 2.21. The zero-order valence-corrected chi connectivity index (χ0v) is 18.1. The number of sulfonamides is 1. The van der Waals surface area contributed by atoms with E-state index >= 15 is 0 Å². The lowest BCUT2D eigenvalue weighted by Crippen LogP contribution is -2.36. The Hall–Kier alpha value is -3.49. The highest BCUT2D eigenvalue weighted by Gasteiger charge is 2.17. The minimum absolute atomic E-state index is 0.0547. The third kappa shape index (κ3) is 5.56. The van der Waals surface area contributed by atoms with E-state index in [9.17, 15) is 13.2 Å². The molecule has 3 aromatic carbocycles. The predicted octanol–water partition coefficient (Wildman–Crippen LogP) is 4.05. The molecule has 0 aliphatic heterocycles. The van der Waals surface area contributed by atoms with Crippen LogP contribution in [0, 0.1) is 0 Å². The predicted molar refractivity (Wildman–Crippen MR) is 121 cm³/mol. The van der Waals surface area contributed by atoms with Crippen LogP contribution in [-0.2, 0) is 10.0 Å². The van der Waals surface area contributed by atoms with Crippen molar-refractivity contribution < 1.29 is 17.9 Å². The molecule has 0 fully saturated rings. The summed E-state index contributed by atoms with van der Waals surface area (Å²) in [4.78, 5) is 12.4. The Balaban J connectivity index is 1.70. The van der Waals surface area contributed by atoms with E-state index in [1.54, 1.807) is 48.5 Å². The summed E-state index contributed by atoms with van der Waals surface area (Å²) >= 11 is 6.11. The van der Waals surface area contributed by atoms with Crippen molar-refractivity contribution in [3.05, 3.63) is 95.5 Å². The molecular weight excluding hydrogens is 438 g/mol. The molecule has 0 heterocycles. The van der Waals surface area contributed by atoms with Crippen molar-refractivity contribution in [1.29, 1.82) is 0 Å². The van der Waals surface area contributed by atoms with Gasteiger partial charge in [-0.2, -0.15) is 0 Å². The molecule has 0 saturated heterocycles. The number of nitrogens with one attached hydrogen (secondary N) is 3. The normalized spacial score (nSPS) is 10.8. The van der Waals surface area contributed by atoms with Crippen molar-refractivity contribution in [2.45, 2.75) is 4.90 Å². The molecule has 0 saturated carbocycles. The number of methoxy groups -OCH3 is 1. The average molecular weight is 458 g/mol. The first kappa shape index (κ1) is 22.2. The average Bonchev–Trinajstić information content (AvgIpc) is 2.78. The van der Waals surface area contributed by atoms with Crippen molar-refractivity contribution in [1.82, 2.24) is 10.9 Å². The lowest BCUT2D eigenvalue weighted by Gasteiger charge is -2.13. The van der Waals surface area contributed by atoms with Crippen molar-refractivity contribution in [2.24, 2.45) is 0 Å². The van der Waals surface area contributed by atoms with E-state index in [0.717, 1.165) is 0 Å². The van der Waals surface area contributed by atoms with Gasteiger partial charge in [0.05, 0.1) is 17.7 Å². The Kier molecular flexibility index (Phi) is 6.84. The summed E-state index contributed by atoms with van der Waals surface area (Å²) in [5, 5.41) is 0.479. The number of ether oxygens (including phenoxy) is 1. The SMILES string of the molecule is C=C(NNC(=O)c1cccc(S(=O)(=O)Nc2ccc(OC)cc2)c1)c1ccccc1Cl.